The van der Waals surface area contributed by atoms with Gasteiger partial charge in [0.1, 0.15) is 11.3 Å². The number of aromatic nitrogens is 2. The third-order valence-corrected chi connectivity index (χ3v) is 4.56. The Morgan fingerprint density at radius 2 is 2.25 bits per heavy atom. The molecule has 4 heteroatoms. The molecule has 1 aromatic heterocycles. The summed E-state index contributed by atoms with van der Waals surface area (Å²) in [5.74, 6) is 2.69. The van der Waals surface area contributed by atoms with Gasteiger partial charge in [0.05, 0.1) is 5.52 Å². The monoisotopic (exact) mass is 294 g/mol. The summed E-state index contributed by atoms with van der Waals surface area (Å²) in [6.07, 6.45) is 4.51. The first-order valence-electron chi connectivity index (χ1n) is 7.38. The van der Waals surface area contributed by atoms with Crippen LogP contribution >= 0.6 is 11.6 Å². The van der Waals surface area contributed by atoms with E-state index in [2.05, 4.69) is 16.5 Å². The fourth-order valence-electron chi connectivity index (χ4n) is 3.39. The van der Waals surface area contributed by atoms with Crippen molar-refractivity contribution in [1.82, 2.24) is 9.55 Å². The van der Waals surface area contributed by atoms with Crippen molar-refractivity contribution < 1.29 is 4.39 Å². The molecule has 0 spiro atoms. The Hall–Kier alpha value is -1.09. The van der Waals surface area contributed by atoms with Crippen molar-refractivity contribution in [2.24, 2.45) is 11.8 Å². The van der Waals surface area contributed by atoms with Gasteiger partial charge in [-0.1, -0.05) is 19.4 Å². The zero-order valence-electron chi connectivity index (χ0n) is 11.8. The largest absolute Gasteiger partial charge is 0.328 e. The van der Waals surface area contributed by atoms with Crippen LogP contribution in [-0.4, -0.2) is 15.4 Å². The molecule has 1 heterocycles. The molecule has 0 saturated heterocycles. The number of hydrogen-bond acceptors (Lipinski definition) is 1. The average molecular weight is 295 g/mol. The molecule has 2 aromatic rings. The number of hydrogen-bond donors (Lipinski definition) is 0. The van der Waals surface area contributed by atoms with E-state index in [9.17, 15) is 4.39 Å². The first kappa shape index (κ1) is 13.9. The average Bonchev–Trinajstić information content (AvgIpc) is 2.97. The summed E-state index contributed by atoms with van der Waals surface area (Å²) in [5.41, 5.74) is 1.39. The van der Waals surface area contributed by atoms with Crippen molar-refractivity contribution >= 4 is 22.6 Å². The van der Waals surface area contributed by atoms with E-state index in [4.69, 9.17) is 11.6 Å². The Morgan fingerprint density at radius 3 is 2.95 bits per heavy atom. The molecule has 1 saturated carbocycles. The maximum Gasteiger partial charge on any atom is 0.151 e. The van der Waals surface area contributed by atoms with Gasteiger partial charge < -0.3 is 4.57 Å². The molecule has 0 amide bonds. The SMILES string of the molecule is CC1CCC(Cn2c(CCCl)nc3c(F)cccc32)C1. The lowest BCUT2D eigenvalue weighted by molar-refractivity contribution is 0.439. The highest BCUT2D eigenvalue weighted by Gasteiger charge is 2.23. The number of halogens is 2. The van der Waals surface area contributed by atoms with Gasteiger partial charge in [-0.2, -0.15) is 0 Å². The highest BCUT2D eigenvalue weighted by atomic mass is 35.5. The maximum absolute atomic E-state index is 13.9. The van der Waals surface area contributed by atoms with Crippen LogP contribution in [0.3, 0.4) is 0 Å². The minimum Gasteiger partial charge on any atom is -0.328 e. The van der Waals surface area contributed by atoms with E-state index in [1.54, 1.807) is 6.07 Å². The number of rotatable bonds is 4. The zero-order valence-corrected chi connectivity index (χ0v) is 12.5. The molecule has 1 aliphatic carbocycles. The van der Waals surface area contributed by atoms with Gasteiger partial charge in [0, 0.05) is 18.8 Å². The van der Waals surface area contributed by atoms with E-state index in [-0.39, 0.29) is 5.82 Å². The van der Waals surface area contributed by atoms with Crippen LogP contribution in [0.15, 0.2) is 18.2 Å². The molecule has 1 fully saturated rings. The van der Waals surface area contributed by atoms with Gasteiger partial charge in [-0.25, -0.2) is 9.37 Å². The molecule has 20 heavy (non-hydrogen) atoms. The number of alkyl halides is 1. The lowest BCUT2D eigenvalue weighted by Crippen LogP contribution is -2.11. The van der Waals surface area contributed by atoms with Gasteiger partial charge in [-0.15, -0.1) is 11.6 Å². The topological polar surface area (TPSA) is 17.8 Å². The second kappa shape index (κ2) is 5.72. The predicted octanol–water partition coefficient (Wildman–Crippen LogP) is 4.39. The standard InChI is InChI=1S/C16H20ClFN2/c1-11-5-6-12(9-11)10-20-14-4-2-3-13(18)16(14)19-15(20)7-8-17/h2-4,11-12H,5-10H2,1H3. The van der Waals surface area contributed by atoms with Crippen LogP contribution in [0.4, 0.5) is 4.39 Å². The molecule has 108 valence electrons. The maximum atomic E-state index is 13.9. The van der Waals surface area contributed by atoms with Gasteiger partial charge in [0.2, 0.25) is 0 Å². The summed E-state index contributed by atoms with van der Waals surface area (Å²) in [7, 11) is 0. The van der Waals surface area contributed by atoms with Crippen molar-refractivity contribution in [1.29, 1.82) is 0 Å². The molecule has 2 unspecified atom stereocenters. The summed E-state index contributed by atoms with van der Waals surface area (Å²) in [6.45, 7) is 3.25. The number of para-hydroxylation sites is 1. The highest BCUT2D eigenvalue weighted by Crippen LogP contribution is 2.33. The van der Waals surface area contributed by atoms with Crippen LogP contribution in [0, 0.1) is 17.7 Å². The highest BCUT2D eigenvalue weighted by molar-refractivity contribution is 6.17. The van der Waals surface area contributed by atoms with Crippen LogP contribution in [0.1, 0.15) is 32.0 Å². The summed E-state index contributed by atoms with van der Waals surface area (Å²) in [4.78, 5) is 4.47. The van der Waals surface area contributed by atoms with Crippen molar-refractivity contribution in [3.05, 3.63) is 29.8 Å². The minimum atomic E-state index is -0.239. The Labute approximate surface area is 123 Å². The quantitative estimate of drug-likeness (QED) is 0.765. The van der Waals surface area contributed by atoms with Crippen LogP contribution in [0.5, 0.6) is 0 Å². The third-order valence-electron chi connectivity index (χ3n) is 4.37. The molecule has 1 aromatic carbocycles. The second-order valence-electron chi connectivity index (χ2n) is 5.97. The molecule has 0 bridgehead atoms. The van der Waals surface area contributed by atoms with E-state index >= 15 is 0 Å². The number of benzene rings is 1. The van der Waals surface area contributed by atoms with Crippen LogP contribution in [-0.2, 0) is 13.0 Å². The van der Waals surface area contributed by atoms with Crippen molar-refractivity contribution in [2.75, 3.05) is 5.88 Å². The summed E-state index contributed by atoms with van der Waals surface area (Å²) < 4.78 is 16.1. The minimum absolute atomic E-state index is 0.239. The first-order chi connectivity index (χ1) is 9.69. The van der Waals surface area contributed by atoms with E-state index in [0.717, 1.165) is 23.8 Å². The molecule has 2 atom stereocenters. The molecule has 0 N–H and O–H groups in total. The molecular formula is C16H20ClFN2. The summed E-state index contributed by atoms with van der Waals surface area (Å²) in [6, 6.07) is 5.20. The van der Waals surface area contributed by atoms with E-state index in [1.807, 2.05) is 6.07 Å². The molecule has 1 aliphatic rings. The van der Waals surface area contributed by atoms with Crippen molar-refractivity contribution in [2.45, 2.75) is 39.2 Å². The van der Waals surface area contributed by atoms with E-state index in [0.29, 0.717) is 23.7 Å². The Bertz CT molecular complexity index is 608. The van der Waals surface area contributed by atoms with E-state index in [1.165, 1.54) is 25.3 Å². The summed E-state index contributed by atoms with van der Waals surface area (Å²) >= 11 is 5.87. The van der Waals surface area contributed by atoms with Gasteiger partial charge in [0.15, 0.2) is 5.82 Å². The molecule has 3 rings (SSSR count). The molecule has 2 nitrogen and oxygen atoms in total. The van der Waals surface area contributed by atoms with Gasteiger partial charge >= 0.3 is 0 Å². The summed E-state index contributed by atoms with van der Waals surface area (Å²) in [5, 5.41) is 0. The first-order valence-corrected chi connectivity index (χ1v) is 7.92. The van der Waals surface area contributed by atoms with Crippen molar-refractivity contribution in [3.8, 4) is 0 Å². The van der Waals surface area contributed by atoms with E-state index < -0.39 is 0 Å². The fraction of sp³-hybridized carbons (Fsp3) is 0.562. The molecule has 0 radical (unpaired) electrons. The zero-order chi connectivity index (χ0) is 14.1. The third kappa shape index (κ3) is 2.56. The lowest BCUT2D eigenvalue weighted by Gasteiger charge is -2.14. The van der Waals surface area contributed by atoms with Gasteiger partial charge in [-0.05, 0) is 36.8 Å². The Morgan fingerprint density at radius 1 is 1.40 bits per heavy atom. The van der Waals surface area contributed by atoms with Gasteiger partial charge in [-0.3, -0.25) is 0 Å². The number of fused-ring (bicyclic) bond motifs is 1. The lowest BCUT2D eigenvalue weighted by atomic mass is 10.1. The molecular weight excluding hydrogens is 275 g/mol. The van der Waals surface area contributed by atoms with Crippen LogP contribution in [0.2, 0.25) is 0 Å². The van der Waals surface area contributed by atoms with Gasteiger partial charge in [0.25, 0.3) is 0 Å². The second-order valence-corrected chi connectivity index (χ2v) is 6.35. The number of imidazole rings is 1. The van der Waals surface area contributed by atoms with Crippen molar-refractivity contribution in [3.63, 3.8) is 0 Å². The predicted molar refractivity (Wildman–Crippen MR) is 80.6 cm³/mol. The normalized spacial score (nSPS) is 22.8. The smallest absolute Gasteiger partial charge is 0.151 e. The number of aryl methyl sites for hydroxylation is 1. The Balaban J connectivity index is 1.98. The fourth-order valence-corrected chi connectivity index (χ4v) is 3.56. The molecule has 0 aliphatic heterocycles. The van der Waals surface area contributed by atoms with Crippen LogP contribution in [0.25, 0.3) is 11.0 Å². The van der Waals surface area contributed by atoms with Crippen LogP contribution < -0.4 is 0 Å². The number of nitrogens with zero attached hydrogens (tertiary/aromatic N) is 2. The Kier molecular flexibility index (Phi) is 3.97.